The summed E-state index contributed by atoms with van der Waals surface area (Å²) >= 11 is 3.35. The number of ether oxygens (including phenoxy) is 1. The maximum absolute atomic E-state index is 12.4. The van der Waals surface area contributed by atoms with Crippen LogP contribution >= 0.6 is 15.9 Å². The minimum Gasteiger partial charge on any atom is -0.489 e. The van der Waals surface area contributed by atoms with Gasteiger partial charge >= 0.3 is 0 Å². The molecule has 5 heteroatoms. The molecule has 0 aromatic heterocycles. The molecule has 0 aliphatic rings. The summed E-state index contributed by atoms with van der Waals surface area (Å²) in [5, 5.41) is 12.1. The highest BCUT2D eigenvalue weighted by atomic mass is 79.9. The maximum Gasteiger partial charge on any atom is 0.266 e. The molecule has 0 unspecified atom stereocenters. The first-order chi connectivity index (χ1) is 14.0. The van der Waals surface area contributed by atoms with E-state index in [0.717, 1.165) is 10.0 Å². The van der Waals surface area contributed by atoms with Crippen LogP contribution in [0, 0.1) is 18.3 Å². The van der Waals surface area contributed by atoms with Crippen molar-refractivity contribution in [3.63, 3.8) is 0 Å². The van der Waals surface area contributed by atoms with E-state index in [1.807, 2.05) is 67.6 Å². The van der Waals surface area contributed by atoms with E-state index >= 15 is 0 Å². The minimum atomic E-state index is -0.458. The van der Waals surface area contributed by atoms with Gasteiger partial charge in [-0.3, -0.25) is 4.79 Å². The number of nitrogens with zero attached hydrogens (tertiary/aromatic N) is 1. The number of carbonyl (C=O) groups excluding carboxylic acids is 1. The average Bonchev–Trinajstić information content (AvgIpc) is 2.73. The highest BCUT2D eigenvalue weighted by molar-refractivity contribution is 9.10. The van der Waals surface area contributed by atoms with Crippen molar-refractivity contribution in [2.24, 2.45) is 0 Å². The van der Waals surface area contributed by atoms with Gasteiger partial charge in [0.1, 0.15) is 24.0 Å². The third-order valence-corrected chi connectivity index (χ3v) is 4.69. The molecule has 4 nitrogen and oxygen atoms in total. The predicted molar refractivity (Wildman–Crippen MR) is 118 cm³/mol. The number of nitrogens with one attached hydrogen (secondary N) is 1. The topological polar surface area (TPSA) is 62.1 Å². The van der Waals surface area contributed by atoms with E-state index < -0.39 is 5.91 Å². The Labute approximate surface area is 178 Å². The summed E-state index contributed by atoms with van der Waals surface area (Å²) < 4.78 is 6.75. The van der Waals surface area contributed by atoms with E-state index in [0.29, 0.717) is 23.6 Å². The van der Waals surface area contributed by atoms with E-state index in [-0.39, 0.29) is 5.57 Å². The fourth-order valence-electron chi connectivity index (χ4n) is 2.59. The number of aryl methyl sites for hydroxylation is 1. The van der Waals surface area contributed by atoms with Crippen molar-refractivity contribution in [2.45, 2.75) is 13.5 Å². The average molecular weight is 447 g/mol. The molecule has 0 aliphatic heterocycles. The van der Waals surface area contributed by atoms with Gasteiger partial charge in [-0.2, -0.15) is 5.26 Å². The van der Waals surface area contributed by atoms with Crippen LogP contribution in [0.15, 0.2) is 82.8 Å². The lowest BCUT2D eigenvalue weighted by molar-refractivity contribution is -0.112. The molecule has 0 heterocycles. The van der Waals surface area contributed by atoms with Crippen molar-refractivity contribution in [1.82, 2.24) is 0 Å². The number of nitriles is 1. The molecule has 1 N–H and O–H groups in total. The monoisotopic (exact) mass is 446 g/mol. The summed E-state index contributed by atoms with van der Waals surface area (Å²) in [5.74, 6) is 0.214. The Kier molecular flexibility index (Phi) is 6.83. The van der Waals surface area contributed by atoms with Crippen LogP contribution < -0.4 is 10.1 Å². The van der Waals surface area contributed by atoms with E-state index in [1.165, 1.54) is 5.56 Å². The van der Waals surface area contributed by atoms with E-state index in [9.17, 15) is 10.1 Å². The lowest BCUT2D eigenvalue weighted by atomic mass is 10.1. The van der Waals surface area contributed by atoms with Gasteiger partial charge in [-0.05, 0) is 60.5 Å². The minimum absolute atomic E-state index is 0.0172. The molecular formula is C24H19BrN2O2. The summed E-state index contributed by atoms with van der Waals surface area (Å²) in [6, 6.07) is 24.6. The fourth-order valence-corrected chi connectivity index (χ4v) is 2.86. The van der Waals surface area contributed by atoms with Gasteiger partial charge in [-0.15, -0.1) is 0 Å². The van der Waals surface area contributed by atoms with Crippen LogP contribution in [0.25, 0.3) is 6.08 Å². The van der Waals surface area contributed by atoms with Gasteiger partial charge in [0.15, 0.2) is 0 Å². The number of benzene rings is 3. The Morgan fingerprint density at radius 2 is 1.83 bits per heavy atom. The number of amides is 1. The zero-order valence-corrected chi connectivity index (χ0v) is 17.4. The number of carbonyl (C=O) groups is 1. The Bertz CT molecular complexity index is 1070. The lowest BCUT2D eigenvalue weighted by Crippen LogP contribution is -2.13. The third kappa shape index (κ3) is 6.06. The zero-order valence-electron chi connectivity index (χ0n) is 15.9. The standard InChI is InChI=1S/C24H19BrN2O2/c1-17-5-7-18(8-6-17)16-29-23-4-2-3-19(14-23)13-20(15-26)24(28)27-22-11-9-21(25)10-12-22/h2-14H,16H2,1H3,(H,27,28)/b20-13+. The molecule has 0 aliphatic carbocycles. The van der Waals surface area contributed by atoms with Gasteiger partial charge in [0, 0.05) is 10.2 Å². The summed E-state index contributed by atoms with van der Waals surface area (Å²) in [4.78, 5) is 12.4. The summed E-state index contributed by atoms with van der Waals surface area (Å²) in [6.07, 6.45) is 1.55. The van der Waals surface area contributed by atoms with Crippen LogP contribution in [0.5, 0.6) is 5.75 Å². The van der Waals surface area contributed by atoms with Gasteiger partial charge in [0.2, 0.25) is 0 Å². The number of rotatable bonds is 6. The van der Waals surface area contributed by atoms with Gasteiger partial charge in [-0.25, -0.2) is 0 Å². The first-order valence-corrected chi connectivity index (χ1v) is 9.80. The number of halogens is 1. The second kappa shape index (κ2) is 9.72. The maximum atomic E-state index is 12.4. The van der Waals surface area contributed by atoms with Gasteiger partial charge in [0.25, 0.3) is 5.91 Å². The fraction of sp³-hybridized carbons (Fsp3) is 0.0833. The second-order valence-electron chi connectivity index (χ2n) is 6.48. The predicted octanol–water partition coefficient (Wildman–Crippen LogP) is 5.88. The first kappa shape index (κ1) is 20.4. The number of hydrogen-bond donors (Lipinski definition) is 1. The molecule has 0 saturated carbocycles. The Hall–Kier alpha value is -3.36. The van der Waals surface area contributed by atoms with E-state index in [2.05, 4.69) is 21.2 Å². The molecule has 3 aromatic carbocycles. The summed E-state index contributed by atoms with van der Waals surface area (Å²) in [6.45, 7) is 2.49. The van der Waals surface area contributed by atoms with E-state index in [1.54, 1.807) is 24.3 Å². The molecule has 29 heavy (non-hydrogen) atoms. The molecule has 0 saturated heterocycles. The van der Waals surface area contributed by atoms with Crippen molar-refractivity contribution in [1.29, 1.82) is 5.26 Å². The van der Waals surface area contributed by atoms with Crippen LogP contribution in [-0.4, -0.2) is 5.91 Å². The molecule has 0 radical (unpaired) electrons. The highest BCUT2D eigenvalue weighted by Crippen LogP contribution is 2.19. The quantitative estimate of drug-likeness (QED) is 0.379. The molecule has 3 rings (SSSR count). The van der Waals surface area contributed by atoms with Crippen LogP contribution in [0.4, 0.5) is 5.69 Å². The van der Waals surface area contributed by atoms with Crippen molar-refractivity contribution < 1.29 is 9.53 Å². The molecule has 1 amide bonds. The molecule has 0 bridgehead atoms. The first-order valence-electron chi connectivity index (χ1n) is 9.00. The van der Waals surface area contributed by atoms with Crippen LogP contribution in [0.2, 0.25) is 0 Å². The smallest absolute Gasteiger partial charge is 0.266 e. The van der Waals surface area contributed by atoms with Crippen molar-refractivity contribution >= 4 is 33.6 Å². The van der Waals surface area contributed by atoms with Crippen LogP contribution in [0.3, 0.4) is 0 Å². The summed E-state index contributed by atoms with van der Waals surface area (Å²) in [5.41, 5.74) is 3.63. The zero-order chi connectivity index (χ0) is 20.6. The number of anilines is 1. The Morgan fingerprint density at radius 1 is 1.10 bits per heavy atom. The van der Waals surface area contributed by atoms with Crippen molar-refractivity contribution in [3.05, 3.63) is 99.5 Å². The molecule has 0 atom stereocenters. The second-order valence-corrected chi connectivity index (χ2v) is 7.39. The Morgan fingerprint density at radius 3 is 2.52 bits per heavy atom. The van der Waals surface area contributed by atoms with Crippen LogP contribution in [-0.2, 0) is 11.4 Å². The lowest BCUT2D eigenvalue weighted by Gasteiger charge is -2.08. The molecule has 3 aromatic rings. The third-order valence-electron chi connectivity index (χ3n) is 4.16. The highest BCUT2D eigenvalue weighted by Gasteiger charge is 2.10. The van der Waals surface area contributed by atoms with Gasteiger partial charge < -0.3 is 10.1 Å². The normalized spacial score (nSPS) is 10.9. The summed E-state index contributed by atoms with van der Waals surface area (Å²) in [7, 11) is 0. The Balaban J connectivity index is 1.69. The van der Waals surface area contributed by atoms with Crippen LogP contribution in [0.1, 0.15) is 16.7 Å². The number of hydrogen-bond acceptors (Lipinski definition) is 3. The molecule has 0 fully saturated rings. The molecule has 0 spiro atoms. The molecule has 144 valence electrons. The van der Waals surface area contributed by atoms with Gasteiger partial charge in [0.05, 0.1) is 0 Å². The SMILES string of the molecule is Cc1ccc(COc2cccc(/C=C(\C#N)C(=O)Nc3ccc(Br)cc3)c2)cc1. The van der Waals surface area contributed by atoms with E-state index in [4.69, 9.17) is 4.74 Å². The van der Waals surface area contributed by atoms with Crippen molar-refractivity contribution in [2.75, 3.05) is 5.32 Å². The van der Waals surface area contributed by atoms with Crippen molar-refractivity contribution in [3.8, 4) is 11.8 Å². The largest absolute Gasteiger partial charge is 0.489 e. The molecular weight excluding hydrogens is 428 g/mol. The van der Waals surface area contributed by atoms with Gasteiger partial charge in [-0.1, -0.05) is 57.9 Å².